The smallest absolute Gasteiger partial charge is 0.261 e. The Labute approximate surface area is 167 Å². The van der Waals surface area contributed by atoms with Crippen LogP contribution in [-0.2, 0) is 0 Å². The number of carbonyl (C=O) groups excluding carboxylic acids is 1. The largest absolute Gasteiger partial charge is 0.349 e. The maximum absolute atomic E-state index is 13.2. The molecule has 2 aromatic heterocycles. The molecule has 1 aromatic carbocycles. The first-order valence-electron chi connectivity index (χ1n) is 8.80. The van der Waals surface area contributed by atoms with Crippen molar-refractivity contribution in [2.24, 2.45) is 0 Å². The van der Waals surface area contributed by atoms with Gasteiger partial charge in [-0.2, -0.15) is 5.10 Å². The molecule has 1 aliphatic rings. The average Bonchev–Trinajstić information content (AvgIpc) is 3.17. The Morgan fingerprint density at radius 3 is 2.81 bits per heavy atom. The van der Waals surface area contributed by atoms with Gasteiger partial charge in [0.15, 0.2) is 0 Å². The lowest BCUT2D eigenvalue weighted by molar-refractivity contribution is 0.0930. The van der Waals surface area contributed by atoms with Crippen LogP contribution in [0.2, 0.25) is 0 Å². The molecule has 144 valence electrons. The van der Waals surface area contributed by atoms with Crippen LogP contribution in [0.25, 0.3) is 15.9 Å². The van der Waals surface area contributed by atoms with Crippen LogP contribution in [0.3, 0.4) is 0 Å². The molecule has 4 rings (SSSR count). The van der Waals surface area contributed by atoms with E-state index in [-0.39, 0.29) is 30.2 Å². The van der Waals surface area contributed by atoms with E-state index in [2.05, 4.69) is 22.7 Å². The highest BCUT2D eigenvalue weighted by atomic mass is 35.5. The summed E-state index contributed by atoms with van der Waals surface area (Å²) < 4.78 is 15.0. The van der Waals surface area contributed by atoms with Gasteiger partial charge in [-0.25, -0.2) is 9.07 Å². The van der Waals surface area contributed by atoms with Gasteiger partial charge in [-0.05, 0) is 63.6 Å². The maximum atomic E-state index is 13.2. The maximum Gasteiger partial charge on any atom is 0.261 e. The summed E-state index contributed by atoms with van der Waals surface area (Å²) in [6.07, 6.45) is 1.89. The highest BCUT2D eigenvalue weighted by Gasteiger charge is 2.22. The van der Waals surface area contributed by atoms with E-state index in [0.717, 1.165) is 41.0 Å². The number of piperidine rings is 1. The fourth-order valence-electron chi connectivity index (χ4n) is 3.44. The number of aryl methyl sites for hydroxylation is 1. The van der Waals surface area contributed by atoms with Crippen LogP contribution < -0.4 is 10.6 Å². The minimum atomic E-state index is -0.281. The van der Waals surface area contributed by atoms with E-state index in [1.165, 1.54) is 23.5 Å². The Morgan fingerprint density at radius 1 is 1.37 bits per heavy atom. The number of hydrogen-bond acceptors (Lipinski definition) is 4. The molecule has 0 bridgehead atoms. The predicted molar refractivity (Wildman–Crippen MR) is 109 cm³/mol. The van der Waals surface area contributed by atoms with Gasteiger partial charge < -0.3 is 10.6 Å². The third kappa shape index (κ3) is 4.00. The molecule has 0 saturated carbocycles. The van der Waals surface area contributed by atoms with Gasteiger partial charge >= 0.3 is 0 Å². The van der Waals surface area contributed by atoms with Crippen molar-refractivity contribution in [2.75, 3.05) is 6.54 Å². The second-order valence-corrected chi connectivity index (χ2v) is 7.88. The number of hydrogen-bond donors (Lipinski definition) is 2. The molecule has 1 saturated heterocycles. The zero-order valence-corrected chi connectivity index (χ0v) is 16.8. The van der Waals surface area contributed by atoms with Gasteiger partial charge in [-0.1, -0.05) is 0 Å². The minimum Gasteiger partial charge on any atom is -0.349 e. The van der Waals surface area contributed by atoms with Gasteiger partial charge in [0.2, 0.25) is 0 Å². The third-order valence-corrected chi connectivity index (χ3v) is 5.91. The summed E-state index contributed by atoms with van der Waals surface area (Å²) in [4.78, 5) is 14.3. The van der Waals surface area contributed by atoms with Crippen molar-refractivity contribution in [1.29, 1.82) is 0 Å². The number of rotatable bonds is 3. The quantitative estimate of drug-likeness (QED) is 0.692. The molecule has 8 heteroatoms. The summed E-state index contributed by atoms with van der Waals surface area (Å²) in [6.45, 7) is 4.99. The van der Waals surface area contributed by atoms with Crippen LogP contribution in [0, 0.1) is 12.7 Å². The van der Waals surface area contributed by atoms with E-state index < -0.39 is 0 Å². The zero-order valence-electron chi connectivity index (χ0n) is 15.2. The lowest BCUT2D eigenvalue weighted by Crippen LogP contribution is -2.46. The molecule has 1 fully saturated rings. The lowest BCUT2D eigenvalue weighted by Gasteiger charge is -2.28. The molecule has 1 amide bonds. The fraction of sp³-hybridized carbons (Fsp3) is 0.368. The number of carbonyl (C=O) groups is 1. The van der Waals surface area contributed by atoms with E-state index in [1.807, 2.05) is 13.0 Å². The highest BCUT2D eigenvalue weighted by Crippen LogP contribution is 2.30. The summed E-state index contributed by atoms with van der Waals surface area (Å²) >= 11 is 1.42. The number of fused-ring (bicyclic) bond motifs is 1. The first-order valence-corrected chi connectivity index (χ1v) is 9.62. The van der Waals surface area contributed by atoms with E-state index >= 15 is 0 Å². The molecular formula is C19H22ClFN4OS. The molecule has 3 heterocycles. The monoisotopic (exact) mass is 408 g/mol. The van der Waals surface area contributed by atoms with Gasteiger partial charge in [0.25, 0.3) is 5.91 Å². The van der Waals surface area contributed by atoms with E-state index in [4.69, 9.17) is 0 Å². The molecule has 0 spiro atoms. The topological polar surface area (TPSA) is 59.0 Å². The second kappa shape index (κ2) is 7.96. The number of amides is 1. The zero-order chi connectivity index (χ0) is 18.3. The standard InChI is InChI=1S/C19H21FN4OS.ClH/c1-11-9-14(7-8-21-11)22-18(25)17-10-16-12(2)23-24(19(16)26-17)15-5-3-13(20)4-6-15;/h3-6,10-11,14,21H,7-9H2,1-2H3,(H,22,25);1H. The third-order valence-electron chi connectivity index (χ3n) is 4.80. The van der Waals surface area contributed by atoms with Crippen molar-refractivity contribution in [3.8, 4) is 5.69 Å². The predicted octanol–water partition coefficient (Wildman–Crippen LogP) is 3.83. The fourth-order valence-corrected chi connectivity index (χ4v) is 4.52. The Bertz CT molecular complexity index is 953. The molecular weight excluding hydrogens is 387 g/mol. The summed E-state index contributed by atoms with van der Waals surface area (Å²) in [5, 5.41) is 12.0. The molecule has 5 nitrogen and oxygen atoms in total. The molecule has 3 aromatic rings. The Kier molecular flexibility index (Phi) is 5.83. The normalized spacial score (nSPS) is 19.7. The summed E-state index contributed by atoms with van der Waals surface area (Å²) in [5.74, 6) is -0.313. The summed E-state index contributed by atoms with van der Waals surface area (Å²) in [6, 6.07) is 8.75. The number of halogens is 2. The first kappa shape index (κ1) is 19.8. The number of nitrogens with one attached hydrogen (secondary N) is 2. The molecule has 2 N–H and O–H groups in total. The molecule has 27 heavy (non-hydrogen) atoms. The molecule has 2 atom stereocenters. The number of nitrogens with zero attached hydrogens (tertiary/aromatic N) is 2. The molecule has 2 unspecified atom stereocenters. The van der Waals surface area contributed by atoms with E-state index in [0.29, 0.717) is 10.9 Å². The van der Waals surface area contributed by atoms with Gasteiger partial charge in [0.05, 0.1) is 16.3 Å². The van der Waals surface area contributed by atoms with Crippen LogP contribution in [-0.4, -0.2) is 34.3 Å². The summed E-state index contributed by atoms with van der Waals surface area (Å²) in [7, 11) is 0. The van der Waals surface area contributed by atoms with Crippen molar-refractivity contribution in [2.45, 2.75) is 38.8 Å². The van der Waals surface area contributed by atoms with Gasteiger partial charge in [0, 0.05) is 17.5 Å². The Morgan fingerprint density at radius 2 is 2.11 bits per heavy atom. The van der Waals surface area contributed by atoms with Crippen LogP contribution in [0.1, 0.15) is 35.1 Å². The van der Waals surface area contributed by atoms with Crippen molar-refractivity contribution < 1.29 is 9.18 Å². The van der Waals surface area contributed by atoms with Gasteiger partial charge in [-0.15, -0.1) is 23.7 Å². The Balaban J connectivity index is 0.00000210. The number of thiophene rings is 1. The second-order valence-electron chi connectivity index (χ2n) is 6.85. The Hall–Kier alpha value is -1.96. The summed E-state index contributed by atoms with van der Waals surface area (Å²) in [5.41, 5.74) is 1.64. The number of benzene rings is 1. The minimum absolute atomic E-state index is 0. The van der Waals surface area contributed by atoms with Crippen molar-refractivity contribution in [3.05, 3.63) is 46.7 Å². The van der Waals surface area contributed by atoms with E-state index in [9.17, 15) is 9.18 Å². The molecule has 0 radical (unpaired) electrons. The van der Waals surface area contributed by atoms with Gasteiger partial charge in [-0.3, -0.25) is 4.79 Å². The van der Waals surface area contributed by atoms with Crippen LogP contribution in [0.15, 0.2) is 30.3 Å². The van der Waals surface area contributed by atoms with Crippen molar-refractivity contribution >= 4 is 39.9 Å². The highest BCUT2D eigenvalue weighted by molar-refractivity contribution is 7.20. The van der Waals surface area contributed by atoms with E-state index in [1.54, 1.807) is 16.8 Å². The lowest BCUT2D eigenvalue weighted by atomic mass is 10.0. The SMILES string of the molecule is Cc1nn(-c2ccc(F)cc2)c2sc(C(=O)NC3CCNC(C)C3)cc12.Cl. The average molecular weight is 409 g/mol. The molecule has 0 aliphatic carbocycles. The van der Waals surface area contributed by atoms with Crippen LogP contribution in [0.5, 0.6) is 0 Å². The van der Waals surface area contributed by atoms with Gasteiger partial charge in [0.1, 0.15) is 10.6 Å². The van der Waals surface area contributed by atoms with Crippen LogP contribution in [0.4, 0.5) is 4.39 Å². The molecule has 1 aliphatic heterocycles. The number of aromatic nitrogens is 2. The van der Waals surface area contributed by atoms with Crippen molar-refractivity contribution in [1.82, 2.24) is 20.4 Å². The van der Waals surface area contributed by atoms with Crippen LogP contribution >= 0.6 is 23.7 Å². The first-order chi connectivity index (χ1) is 12.5. The van der Waals surface area contributed by atoms with Crippen molar-refractivity contribution in [3.63, 3.8) is 0 Å².